The Bertz CT molecular complexity index is 812. The van der Waals surface area contributed by atoms with E-state index in [0.29, 0.717) is 17.4 Å². The number of hydrogen-bond acceptors (Lipinski definition) is 6. The molecule has 47 heavy (non-hydrogen) atoms. The molecule has 0 fully saturated rings. The maximum Gasteiger partial charge on any atom is 0.472 e. The van der Waals surface area contributed by atoms with Crippen molar-refractivity contribution in [2.75, 3.05) is 47.5 Å². The molecule has 0 saturated heterocycles. The summed E-state index contributed by atoms with van der Waals surface area (Å²) < 4.78 is 34.6. The molecule has 2 atom stereocenters. The third-order valence-electron chi connectivity index (χ3n) is 8.10. The largest absolute Gasteiger partial charge is 0.492 e. The normalized spacial score (nSPS) is 14.2. The zero-order valence-electron chi connectivity index (χ0n) is 31.3. The van der Waals surface area contributed by atoms with Crippen LogP contribution >= 0.6 is 7.82 Å². The van der Waals surface area contributed by atoms with Gasteiger partial charge in [0.15, 0.2) is 6.10 Å². The summed E-state index contributed by atoms with van der Waals surface area (Å²) in [5, 5.41) is 0. The maximum atomic E-state index is 12.4. The molecule has 0 bridgehead atoms. The van der Waals surface area contributed by atoms with E-state index in [9.17, 15) is 14.3 Å². The second-order valence-electron chi connectivity index (χ2n) is 14.0. The van der Waals surface area contributed by atoms with E-state index in [-0.39, 0.29) is 25.8 Å². The lowest BCUT2D eigenvalue weighted by molar-refractivity contribution is -0.870. The standard InChI is InChI=1S/C38H74NO7P/c1-6-8-10-12-14-16-18-19-20-22-24-26-28-30-33-43-37(36-46-47(41,42)45-34-32-39(3,4)5)35-44-38(40)31-29-27-25-23-21-17-15-13-11-9-7-2/h13,15,30,33,37H,6-12,14,16-29,31-32,34-36H2,1-5H3/p+1/b15-13-,33-30-. The van der Waals surface area contributed by atoms with Gasteiger partial charge in [0, 0.05) is 6.42 Å². The van der Waals surface area contributed by atoms with Gasteiger partial charge in [0.25, 0.3) is 0 Å². The van der Waals surface area contributed by atoms with Crippen LogP contribution in [0.15, 0.2) is 24.5 Å². The van der Waals surface area contributed by atoms with Crippen molar-refractivity contribution in [1.82, 2.24) is 0 Å². The lowest BCUT2D eigenvalue weighted by Crippen LogP contribution is -2.37. The summed E-state index contributed by atoms with van der Waals surface area (Å²) in [5.74, 6) is -0.288. The van der Waals surface area contributed by atoms with Gasteiger partial charge in [-0.25, -0.2) is 4.57 Å². The van der Waals surface area contributed by atoms with Gasteiger partial charge in [-0.05, 0) is 44.6 Å². The first kappa shape index (κ1) is 45.8. The molecule has 0 aliphatic rings. The molecule has 0 aromatic rings. The second-order valence-corrected chi connectivity index (χ2v) is 15.5. The molecule has 0 amide bonds. The van der Waals surface area contributed by atoms with Crippen molar-refractivity contribution in [3.63, 3.8) is 0 Å². The average molecular weight is 689 g/mol. The molecule has 0 aromatic heterocycles. The summed E-state index contributed by atoms with van der Waals surface area (Å²) >= 11 is 0. The number of phosphoric acid groups is 1. The highest BCUT2D eigenvalue weighted by Crippen LogP contribution is 2.43. The Morgan fingerprint density at radius 2 is 1.15 bits per heavy atom. The zero-order valence-corrected chi connectivity index (χ0v) is 32.2. The summed E-state index contributed by atoms with van der Waals surface area (Å²) in [5.41, 5.74) is 0. The van der Waals surface area contributed by atoms with Crippen LogP contribution < -0.4 is 0 Å². The average Bonchev–Trinajstić information content (AvgIpc) is 3.01. The van der Waals surface area contributed by atoms with Gasteiger partial charge >= 0.3 is 13.8 Å². The van der Waals surface area contributed by atoms with Crippen LogP contribution in [0.1, 0.15) is 162 Å². The Kier molecular flexibility index (Phi) is 31.2. The van der Waals surface area contributed by atoms with Crippen molar-refractivity contribution >= 4 is 13.8 Å². The molecule has 0 spiro atoms. The molecule has 0 rings (SSSR count). The first-order valence-corrected chi connectivity index (χ1v) is 20.6. The molecule has 0 aromatic carbocycles. The summed E-state index contributed by atoms with van der Waals surface area (Å²) in [7, 11) is 1.67. The van der Waals surface area contributed by atoms with Gasteiger partial charge in [-0.15, -0.1) is 0 Å². The number of ether oxygens (including phenoxy) is 2. The minimum absolute atomic E-state index is 0.0506. The van der Waals surface area contributed by atoms with Crippen molar-refractivity contribution in [3.05, 3.63) is 24.5 Å². The van der Waals surface area contributed by atoms with Gasteiger partial charge in [-0.3, -0.25) is 13.8 Å². The molecule has 0 heterocycles. The fourth-order valence-corrected chi connectivity index (χ4v) is 5.73. The summed E-state index contributed by atoms with van der Waals surface area (Å²) in [4.78, 5) is 22.5. The van der Waals surface area contributed by atoms with Gasteiger partial charge in [-0.1, -0.05) is 129 Å². The smallest absolute Gasteiger partial charge is 0.472 e. The fraction of sp³-hybridized carbons (Fsp3) is 0.868. The van der Waals surface area contributed by atoms with Crippen molar-refractivity contribution in [1.29, 1.82) is 0 Å². The van der Waals surface area contributed by atoms with E-state index < -0.39 is 13.9 Å². The van der Waals surface area contributed by atoms with Crippen LogP contribution in [0.5, 0.6) is 0 Å². The molecule has 0 aliphatic carbocycles. The molecular weight excluding hydrogens is 613 g/mol. The number of hydrogen-bond donors (Lipinski definition) is 1. The summed E-state index contributed by atoms with van der Waals surface area (Å²) in [6.45, 7) is 4.85. The number of phosphoric ester groups is 1. The number of carbonyl (C=O) groups is 1. The van der Waals surface area contributed by atoms with E-state index in [0.717, 1.165) is 38.5 Å². The van der Waals surface area contributed by atoms with Gasteiger partial charge in [-0.2, -0.15) is 0 Å². The molecular formula is C38H75NO7P+. The van der Waals surface area contributed by atoms with Crippen LogP contribution in [0, 0.1) is 0 Å². The monoisotopic (exact) mass is 689 g/mol. The molecule has 0 radical (unpaired) electrons. The summed E-state index contributed by atoms with van der Waals surface area (Å²) in [6, 6.07) is 0. The first-order chi connectivity index (χ1) is 22.6. The van der Waals surface area contributed by atoms with Crippen molar-refractivity contribution in [3.8, 4) is 0 Å². The van der Waals surface area contributed by atoms with Crippen molar-refractivity contribution in [2.45, 2.75) is 168 Å². The summed E-state index contributed by atoms with van der Waals surface area (Å²) in [6.07, 6.45) is 34.5. The predicted molar refractivity (Wildman–Crippen MR) is 196 cm³/mol. The third-order valence-corrected chi connectivity index (χ3v) is 9.09. The number of rotatable bonds is 35. The predicted octanol–water partition coefficient (Wildman–Crippen LogP) is 10.8. The maximum absolute atomic E-state index is 12.4. The van der Waals surface area contributed by atoms with Crippen LogP contribution in [0.4, 0.5) is 0 Å². The van der Waals surface area contributed by atoms with E-state index in [4.69, 9.17) is 18.5 Å². The first-order valence-electron chi connectivity index (χ1n) is 19.1. The number of likely N-dealkylation sites (N-methyl/N-ethyl adjacent to an activating group) is 1. The third kappa shape index (κ3) is 35.9. The molecule has 0 saturated carbocycles. The number of esters is 1. The van der Waals surface area contributed by atoms with Crippen molar-refractivity contribution in [2.24, 2.45) is 0 Å². The fourth-order valence-electron chi connectivity index (χ4n) is 4.99. The van der Waals surface area contributed by atoms with E-state index in [2.05, 4.69) is 26.0 Å². The minimum Gasteiger partial charge on any atom is -0.492 e. The molecule has 8 nitrogen and oxygen atoms in total. The lowest BCUT2D eigenvalue weighted by Gasteiger charge is -2.24. The molecule has 1 N–H and O–H groups in total. The molecule has 0 aliphatic heterocycles. The molecule has 2 unspecified atom stereocenters. The Labute approximate surface area is 290 Å². The quantitative estimate of drug-likeness (QED) is 0.0177. The topological polar surface area (TPSA) is 91.3 Å². The molecule has 278 valence electrons. The lowest BCUT2D eigenvalue weighted by atomic mass is 10.0. The van der Waals surface area contributed by atoms with E-state index in [1.54, 1.807) is 6.26 Å². The minimum atomic E-state index is -4.25. The Morgan fingerprint density at radius 3 is 1.70 bits per heavy atom. The van der Waals surface area contributed by atoms with Gasteiger partial charge in [0.1, 0.15) is 19.8 Å². The zero-order chi connectivity index (χ0) is 34.9. The highest BCUT2D eigenvalue weighted by Gasteiger charge is 2.25. The van der Waals surface area contributed by atoms with E-state index in [1.165, 1.54) is 103 Å². The Hall–Kier alpha value is -1.18. The van der Waals surface area contributed by atoms with Gasteiger partial charge < -0.3 is 18.9 Å². The number of nitrogens with zero attached hydrogens (tertiary/aromatic N) is 1. The second kappa shape index (κ2) is 32.0. The number of carbonyl (C=O) groups excluding carboxylic acids is 1. The number of quaternary nitrogens is 1. The van der Waals surface area contributed by atoms with Gasteiger partial charge in [0.05, 0.1) is 34.0 Å². The number of allylic oxidation sites excluding steroid dienone is 3. The highest BCUT2D eigenvalue weighted by atomic mass is 31.2. The number of unbranched alkanes of at least 4 members (excludes halogenated alkanes) is 19. The van der Waals surface area contributed by atoms with Gasteiger partial charge in [0.2, 0.25) is 0 Å². The highest BCUT2D eigenvalue weighted by molar-refractivity contribution is 7.47. The Morgan fingerprint density at radius 1 is 0.660 bits per heavy atom. The van der Waals surface area contributed by atoms with Crippen molar-refractivity contribution < 1.29 is 37.3 Å². The SMILES string of the molecule is CCCC/C=C\CCCCCCCC(=O)OCC(COP(=O)(O)OCC[N+](C)(C)C)O/C=C\CCCCCCCCCCCCCC. The van der Waals surface area contributed by atoms with Crippen LogP contribution in [-0.2, 0) is 27.9 Å². The Balaban J connectivity index is 4.37. The van der Waals surface area contributed by atoms with Crippen LogP contribution in [0.3, 0.4) is 0 Å². The molecule has 9 heteroatoms. The van der Waals surface area contributed by atoms with Crippen LogP contribution in [0.25, 0.3) is 0 Å². The van der Waals surface area contributed by atoms with Crippen LogP contribution in [-0.4, -0.2) is 69.0 Å². The van der Waals surface area contributed by atoms with E-state index >= 15 is 0 Å². The van der Waals surface area contributed by atoms with E-state index in [1.807, 2.05) is 27.2 Å². The van der Waals surface area contributed by atoms with Crippen LogP contribution in [0.2, 0.25) is 0 Å².